The van der Waals surface area contributed by atoms with Gasteiger partial charge in [0.2, 0.25) is 10.0 Å². The first-order valence-corrected chi connectivity index (χ1v) is 7.98. The van der Waals surface area contributed by atoms with Crippen LogP contribution in [0.25, 0.3) is 6.08 Å². The summed E-state index contributed by atoms with van der Waals surface area (Å²) in [7, 11) is -3.54. The average Bonchev–Trinajstić information content (AvgIpc) is 2.83. The van der Waals surface area contributed by atoms with Gasteiger partial charge in [0.1, 0.15) is 12.4 Å². The maximum absolute atomic E-state index is 12.4. The average molecular weight is 295 g/mol. The van der Waals surface area contributed by atoms with Crippen molar-refractivity contribution in [2.24, 2.45) is 0 Å². The second-order valence-corrected chi connectivity index (χ2v) is 6.75. The Morgan fingerprint density at radius 2 is 2.15 bits per heavy atom. The summed E-state index contributed by atoms with van der Waals surface area (Å²) in [6.45, 7) is 2.55. The number of fused-ring (bicyclic) bond motifs is 1. The lowest BCUT2D eigenvalue weighted by Crippen LogP contribution is -2.44. The Kier molecular flexibility index (Phi) is 3.51. The summed E-state index contributed by atoms with van der Waals surface area (Å²) >= 11 is 0. The van der Waals surface area contributed by atoms with Gasteiger partial charge in [0.05, 0.1) is 10.9 Å². The van der Waals surface area contributed by atoms with E-state index >= 15 is 0 Å². The number of sulfonamides is 1. The van der Waals surface area contributed by atoms with Gasteiger partial charge in [-0.15, -0.1) is 0 Å². The van der Waals surface area contributed by atoms with Crippen LogP contribution in [0.1, 0.15) is 12.5 Å². The minimum Gasteiger partial charge on any atom is -0.487 e. The molecule has 0 radical (unpaired) electrons. The van der Waals surface area contributed by atoms with E-state index in [4.69, 9.17) is 4.74 Å². The smallest absolute Gasteiger partial charge is 0.240 e. The van der Waals surface area contributed by atoms with Crippen molar-refractivity contribution in [1.82, 2.24) is 15.6 Å². The van der Waals surface area contributed by atoms with E-state index in [1.165, 1.54) is 0 Å². The first kappa shape index (κ1) is 13.6. The van der Waals surface area contributed by atoms with Crippen LogP contribution in [-0.2, 0) is 10.0 Å². The van der Waals surface area contributed by atoms with Gasteiger partial charge in [0.25, 0.3) is 0 Å². The molecule has 1 aromatic rings. The largest absolute Gasteiger partial charge is 0.487 e. The number of para-hydroxylation sites is 1. The van der Waals surface area contributed by atoms with Crippen molar-refractivity contribution in [3.63, 3.8) is 0 Å². The van der Waals surface area contributed by atoms with E-state index in [1.54, 1.807) is 6.08 Å². The van der Waals surface area contributed by atoms with Crippen molar-refractivity contribution in [3.05, 3.63) is 34.7 Å². The fraction of sp³-hybridized carbons (Fsp3) is 0.385. The molecule has 0 aliphatic carbocycles. The Bertz CT molecular complexity index is 642. The van der Waals surface area contributed by atoms with Gasteiger partial charge in [-0.3, -0.25) is 10.9 Å². The van der Waals surface area contributed by atoms with Crippen molar-refractivity contribution in [1.29, 1.82) is 0 Å². The molecule has 2 aliphatic rings. The molecule has 2 heterocycles. The molecular weight excluding hydrogens is 278 g/mol. The molecule has 0 bridgehead atoms. The zero-order valence-corrected chi connectivity index (χ0v) is 11.9. The highest BCUT2D eigenvalue weighted by Crippen LogP contribution is 2.27. The molecule has 1 saturated heterocycles. The maximum Gasteiger partial charge on any atom is 0.240 e. The van der Waals surface area contributed by atoms with E-state index in [1.807, 2.05) is 31.2 Å². The Morgan fingerprint density at radius 3 is 2.90 bits per heavy atom. The summed E-state index contributed by atoms with van der Waals surface area (Å²) in [4.78, 5) is 0.260. The topological polar surface area (TPSA) is 79.5 Å². The number of benzene rings is 1. The molecule has 108 valence electrons. The second kappa shape index (κ2) is 5.17. The van der Waals surface area contributed by atoms with E-state index in [-0.39, 0.29) is 23.6 Å². The van der Waals surface area contributed by atoms with Crippen molar-refractivity contribution in [2.75, 3.05) is 13.2 Å². The highest BCUT2D eigenvalue weighted by Gasteiger charge is 2.30. The molecule has 1 aromatic carbocycles. The highest BCUT2D eigenvalue weighted by molar-refractivity contribution is 7.93. The summed E-state index contributed by atoms with van der Waals surface area (Å²) in [6.07, 6.45) is 1.67. The van der Waals surface area contributed by atoms with Gasteiger partial charge in [-0.05, 0) is 19.1 Å². The zero-order chi connectivity index (χ0) is 14.2. The van der Waals surface area contributed by atoms with Gasteiger partial charge in [0.15, 0.2) is 0 Å². The van der Waals surface area contributed by atoms with Crippen molar-refractivity contribution >= 4 is 16.1 Å². The van der Waals surface area contributed by atoms with Gasteiger partial charge in [-0.2, -0.15) is 0 Å². The Hall–Kier alpha value is -1.41. The molecule has 2 unspecified atom stereocenters. The van der Waals surface area contributed by atoms with Gasteiger partial charge in [-0.1, -0.05) is 18.2 Å². The number of nitrogens with one attached hydrogen (secondary N) is 3. The number of rotatable bonds is 3. The Morgan fingerprint density at radius 1 is 1.35 bits per heavy atom. The number of hydrogen-bond donors (Lipinski definition) is 3. The van der Waals surface area contributed by atoms with Gasteiger partial charge in [0, 0.05) is 18.2 Å². The first-order chi connectivity index (χ1) is 9.56. The normalized spacial score (nSPS) is 25.8. The van der Waals surface area contributed by atoms with Crippen molar-refractivity contribution in [3.8, 4) is 5.75 Å². The molecule has 3 N–H and O–H groups in total. The molecule has 2 atom stereocenters. The molecule has 3 rings (SSSR count). The summed E-state index contributed by atoms with van der Waals surface area (Å²) in [5, 5.41) is 0. The monoisotopic (exact) mass is 295 g/mol. The van der Waals surface area contributed by atoms with Crippen LogP contribution in [-0.4, -0.2) is 33.7 Å². The van der Waals surface area contributed by atoms with Crippen LogP contribution in [0.15, 0.2) is 29.2 Å². The van der Waals surface area contributed by atoms with E-state index in [9.17, 15) is 8.42 Å². The summed E-state index contributed by atoms with van der Waals surface area (Å²) < 4.78 is 33.0. The Balaban J connectivity index is 1.84. The van der Waals surface area contributed by atoms with Crippen molar-refractivity contribution in [2.45, 2.75) is 19.0 Å². The Labute approximate surface area is 118 Å². The van der Waals surface area contributed by atoms with Crippen LogP contribution < -0.4 is 20.3 Å². The third-order valence-electron chi connectivity index (χ3n) is 3.51. The lowest BCUT2D eigenvalue weighted by Gasteiger charge is -2.21. The van der Waals surface area contributed by atoms with Crippen LogP contribution in [0.3, 0.4) is 0 Å². The van der Waals surface area contributed by atoms with Crippen LogP contribution in [0, 0.1) is 0 Å². The van der Waals surface area contributed by atoms with E-state index in [0.717, 1.165) is 5.56 Å². The number of ether oxygens (including phenoxy) is 1. The molecule has 0 saturated carbocycles. The molecule has 0 spiro atoms. The minimum atomic E-state index is -3.54. The molecular formula is C13H17N3O3S. The van der Waals surface area contributed by atoms with E-state index < -0.39 is 10.0 Å². The summed E-state index contributed by atoms with van der Waals surface area (Å²) in [5.74, 6) is 0.712. The van der Waals surface area contributed by atoms with Crippen LogP contribution in [0.4, 0.5) is 0 Å². The van der Waals surface area contributed by atoms with E-state index in [2.05, 4.69) is 15.6 Å². The van der Waals surface area contributed by atoms with Crippen LogP contribution in [0.5, 0.6) is 5.75 Å². The predicted molar refractivity (Wildman–Crippen MR) is 76.4 cm³/mol. The fourth-order valence-electron chi connectivity index (χ4n) is 2.28. The standard InChI is InChI=1S/C13H17N3O3S/c1-9-12(7-14-15-9)16-20(17,18)11-6-10-4-2-3-5-13(10)19-8-11/h2-6,9,12,14-16H,7-8H2,1H3. The molecule has 0 amide bonds. The number of hydrogen-bond acceptors (Lipinski definition) is 5. The molecule has 7 heteroatoms. The third kappa shape index (κ3) is 2.57. The van der Waals surface area contributed by atoms with E-state index in [0.29, 0.717) is 12.3 Å². The lowest BCUT2D eigenvalue weighted by atomic mass is 10.1. The lowest BCUT2D eigenvalue weighted by molar-refractivity contribution is 0.352. The van der Waals surface area contributed by atoms with Gasteiger partial charge in [-0.25, -0.2) is 13.1 Å². The molecule has 0 aromatic heterocycles. The quantitative estimate of drug-likeness (QED) is 0.742. The van der Waals surface area contributed by atoms with Gasteiger partial charge >= 0.3 is 0 Å². The molecule has 6 nitrogen and oxygen atoms in total. The van der Waals surface area contributed by atoms with Gasteiger partial charge < -0.3 is 4.74 Å². The minimum absolute atomic E-state index is 0.0437. The summed E-state index contributed by atoms with van der Waals surface area (Å²) in [6, 6.07) is 7.26. The molecule has 20 heavy (non-hydrogen) atoms. The predicted octanol–water partition coefficient (Wildman–Crippen LogP) is 0.204. The highest BCUT2D eigenvalue weighted by atomic mass is 32.2. The summed E-state index contributed by atoms with van der Waals surface area (Å²) in [5.41, 5.74) is 6.71. The second-order valence-electron chi connectivity index (χ2n) is 4.98. The van der Waals surface area contributed by atoms with Crippen LogP contribution >= 0.6 is 0 Å². The third-order valence-corrected chi connectivity index (χ3v) is 5.05. The molecule has 2 aliphatic heterocycles. The van der Waals surface area contributed by atoms with Crippen LogP contribution in [0.2, 0.25) is 0 Å². The first-order valence-electron chi connectivity index (χ1n) is 6.49. The molecule has 1 fully saturated rings. The maximum atomic E-state index is 12.4. The SMILES string of the molecule is CC1NNCC1NS(=O)(=O)C1=Cc2ccccc2OC1. The zero-order valence-electron chi connectivity index (χ0n) is 11.1. The van der Waals surface area contributed by atoms with Crippen molar-refractivity contribution < 1.29 is 13.2 Å². The fourth-order valence-corrected chi connectivity index (χ4v) is 3.61. The number of hydrazine groups is 1.